The van der Waals surface area contributed by atoms with Crippen LogP contribution in [0, 0.1) is 5.92 Å². The van der Waals surface area contributed by atoms with E-state index in [1.165, 1.54) is 32.1 Å². The molecular weight excluding hydrogens is 226 g/mol. The fraction of sp³-hybridized carbons (Fsp3) is 0.929. The fourth-order valence-corrected chi connectivity index (χ4v) is 2.45. The number of rotatable bonds is 6. The van der Waals surface area contributed by atoms with Gasteiger partial charge in [-0.2, -0.15) is 0 Å². The van der Waals surface area contributed by atoms with Crippen molar-refractivity contribution in [2.45, 2.75) is 57.5 Å². The molecule has 1 rings (SSSR count). The topological polar surface area (TPSA) is 58.4 Å². The summed E-state index contributed by atoms with van der Waals surface area (Å²) in [6.45, 7) is 2.76. The maximum absolute atomic E-state index is 11.9. The minimum Gasteiger partial charge on any atom is -0.353 e. The van der Waals surface area contributed by atoms with Gasteiger partial charge in [0, 0.05) is 12.6 Å². The maximum atomic E-state index is 11.9. The number of nitrogens with two attached hydrogens (primary N) is 1. The maximum Gasteiger partial charge on any atom is 0.236 e. The molecule has 0 heterocycles. The Bertz CT molecular complexity index is 249. The second kappa shape index (κ2) is 7.74. The number of amides is 1. The third-order valence-corrected chi connectivity index (χ3v) is 4.10. The molecule has 18 heavy (non-hydrogen) atoms. The molecule has 4 nitrogen and oxygen atoms in total. The molecule has 0 aromatic rings. The Labute approximate surface area is 111 Å². The van der Waals surface area contributed by atoms with Gasteiger partial charge in [0.1, 0.15) is 0 Å². The first kappa shape index (κ1) is 15.4. The van der Waals surface area contributed by atoms with Gasteiger partial charge in [-0.05, 0) is 33.4 Å². The molecule has 0 aromatic carbocycles. The van der Waals surface area contributed by atoms with Crippen LogP contribution in [0.1, 0.15) is 45.4 Å². The minimum atomic E-state index is -0.331. The summed E-state index contributed by atoms with van der Waals surface area (Å²) in [6, 6.07) is 0.0123. The summed E-state index contributed by atoms with van der Waals surface area (Å²) in [7, 11) is 4.03. The predicted molar refractivity (Wildman–Crippen MR) is 75.3 cm³/mol. The van der Waals surface area contributed by atoms with E-state index in [1.807, 2.05) is 14.1 Å². The molecule has 0 spiro atoms. The lowest BCUT2D eigenvalue weighted by Gasteiger charge is -2.25. The van der Waals surface area contributed by atoms with Gasteiger partial charge >= 0.3 is 0 Å². The van der Waals surface area contributed by atoms with Gasteiger partial charge in [-0.15, -0.1) is 0 Å². The number of likely N-dealkylation sites (N-methyl/N-ethyl adjacent to an activating group) is 1. The SMILES string of the molecule is CC(CNC(=O)C(N)CC1CCCCC1)N(C)C. The van der Waals surface area contributed by atoms with Crippen LogP contribution in [0.25, 0.3) is 0 Å². The summed E-state index contributed by atoms with van der Waals surface area (Å²) in [5.41, 5.74) is 5.98. The van der Waals surface area contributed by atoms with E-state index in [1.54, 1.807) is 0 Å². The highest BCUT2D eigenvalue weighted by molar-refractivity contribution is 5.81. The zero-order chi connectivity index (χ0) is 13.5. The summed E-state index contributed by atoms with van der Waals surface area (Å²) in [5.74, 6) is 0.667. The van der Waals surface area contributed by atoms with Crippen LogP contribution in [-0.4, -0.2) is 43.5 Å². The highest BCUT2D eigenvalue weighted by atomic mass is 16.2. The van der Waals surface area contributed by atoms with Gasteiger partial charge < -0.3 is 16.0 Å². The highest BCUT2D eigenvalue weighted by Gasteiger charge is 2.21. The zero-order valence-electron chi connectivity index (χ0n) is 12.1. The molecule has 0 saturated heterocycles. The van der Waals surface area contributed by atoms with Crippen molar-refractivity contribution in [2.75, 3.05) is 20.6 Å². The molecule has 1 amide bonds. The lowest BCUT2D eigenvalue weighted by Crippen LogP contribution is -2.46. The third-order valence-electron chi connectivity index (χ3n) is 4.10. The Morgan fingerprint density at radius 1 is 1.33 bits per heavy atom. The Kier molecular flexibility index (Phi) is 6.65. The van der Waals surface area contributed by atoms with Gasteiger partial charge in [-0.25, -0.2) is 0 Å². The minimum absolute atomic E-state index is 0.00859. The summed E-state index contributed by atoms with van der Waals surface area (Å²) in [5, 5.41) is 2.95. The van der Waals surface area contributed by atoms with Crippen molar-refractivity contribution in [2.24, 2.45) is 11.7 Å². The predicted octanol–water partition coefficient (Wildman–Crippen LogP) is 1.35. The average molecular weight is 255 g/mol. The van der Waals surface area contributed by atoms with Gasteiger partial charge in [0.25, 0.3) is 0 Å². The summed E-state index contributed by atoms with van der Waals surface area (Å²) >= 11 is 0. The van der Waals surface area contributed by atoms with Crippen molar-refractivity contribution in [3.8, 4) is 0 Å². The largest absolute Gasteiger partial charge is 0.353 e. The van der Waals surface area contributed by atoms with E-state index < -0.39 is 0 Å². The van der Waals surface area contributed by atoms with Gasteiger partial charge in [0.15, 0.2) is 0 Å². The smallest absolute Gasteiger partial charge is 0.236 e. The second-order valence-corrected chi connectivity index (χ2v) is 5.90. The van der Waals surface area contributed by atoms with E-state index in [9.17, 15) is 4.79 Å². The van der Waals surface area contributed by atoms with E-state index >= 15 is 0 Å². The lowest BCUT2D eigenvalue weighted by atomic mass is 9.85. The van der Waals surface area contributed by atoms with Crippen molar-refractivity contribution in [3.63, 3.8) is 0 Å². The standard InChI is InChI=1S/C14H29N3O/c1-11(17(2)3)10-16-14(18)13(15)9-12-7-5-4-6-8-12/h11-13H,4-10,15H2,1-3H3,(H,16,18). The normalized spacial score (nSPS) is 20.7. The Hall–Kier alpha value is -0.610. The van der Waals surface area contributed by atoms with Crippen molar-refractivity contribution < 1.29 is 4.79 Å². The van der Waals surface area contributed by atoms with Crippen LogP contribution in [0.4, 0.5) is 0 Å². The molecule has 0 bridgehead atoms. The monoisotopic (exact) mass is 255 g/mol. The quantitative estimate of drug-likeness (QED) is 0.753. The summed E-state index contributed by atoms with van der Waals surface area (Å²) in [6.07, 6.45) is 7.29. The molecule has 0 aromatic heterocycles. The Morgan fingerprint density at radius 2 is 1.94 bits per heavy atom. The number of carbonyl (C=O) groups excluding carboxylic acids is 1. The molecule has 2 unspecified atom stereocenters. The molecule has 2 atom stereocenters. The number of carbonyl (C=O) groups is 1. The molecule has 1 saturated carbocycles. The zero-order valence-corrected chi connectivity index (χ0v) is 12.1. The molecule has 4 heteroatoms. The van der Waals surface area contributed by atoms with Crippen molar-refractivity contribution in [3.05, 3.63) is 0 Å². The molecule has 0 radical (unpaired) electrons. The molecule has 106 valence electrons. The van der Waals surface area contributed by atoms with Crippen LogP contribution in [0.3, 0.4) is 0 Å². The van der Waals surface area contributed by atoms with Gasteiger partial charge in [-0.1, -0.05) is 32.1 Å². The highest BCUT2D eigenvalue weighted by Crippen LogP contribution is 2.26. The molecule has 1 fully saturated rings. The Morgan fingerprint density at radius 3 is 2.50 bits per heavy atom. The lowest BCUT2D eigenvalue weighted by molar-refractivity contribution is -0.123. The number of nitrogens with zero attached hydrogens (tertiary/aromatic N) is 1. The van der Waals surface area contributed by atoms with Crippen molar-refractivity contribution in [1.29, 1.82) is 0 Å². The average Bonchev–Trinajstić information content (AvgIpc) is 2.36. The van der Waals surface area contributed by atoms with Crippen LogP contribution < -0.4 is 11.1 Å². The van der Waals surface area contributed by atoms with E-state index in [4.69, 9.17) is 5.73 Å². The van der Waals surface area contributed by atoms with Crippen molar-refractivity contribution >= 4 is 5.91 Å². The van der Waals surface area contributed by atoms with Crippen molar-refractivity contribution in [1.82, 2.24) is 10.2 Å². The number of hydrogen-bond donors (Lipinski definition) is 2. The van der Waals surface area contributed by atoms with E-state index in [0.717, 1.165) is 6.42 Å². The third kappa shape index (κ3) is 5.36. The first-order valence-corrected chi connectivity index (χ1v) is 7.20. The van der Waals surface area contributed by atoms with E-state index in [2.05, 4.69) is 17.1 Å². The number of hydrogen-bond acceptors (Lipinski definition) is 3. The molecule has 1 aliphatic carbocycles. The van der Waals surface area contributed by atoms with Crippen LogP contribution in [0.5, 0.6) is 0 Å². The summed E-state index contributed by atoms with van der Waals surface area (Å²) < 4.78 is 0. The Balaban J connectivity index is 2.23. The van der Waals surface area contributed by atoms with Crippen LogP contribution in [0.15, 0.2) is 0 Å². The van der Waals surface area contributed by atoms with Gasteiger partial charge in [0.2, 0.25) is 5.91 Å². The molecular formula is C14H29N3O. The fourth-order valence-electron chi connectivity index (χ4n) is 2.45. The van der Waals surface area contributed by atoms with Gasteiger partial charge in [0.05, 0.1) is 6.04 Å². The first-order valence-electron chi connectivity index (χ1n) is 7.20. The van der Waals surface area contributed by atoms with Crippen LogP contribution in [0.2, 0.25) is 0 Å². The number of nitrogens with one attached hydrogen (secondary N) is 1. The van der Waals surface area contributed by atoms with E-state index in [-0.39, 0.29) is 11.9 Å². The van der Waals surface area contributed by atoms with Crippen LogP contribution >= 0.6 is 0 Å². The summed E-state index contributed by atoms with van der Waals surface area (Å²) in [4.78, 5) is 14.0. The molecule has 3 N–H and O–H groups in total. The first-order chi connectivity index (χ1) is 8.50. The second-order valence-electron chi connectivity index (χ2n) is 5.90. The molecule has 1 aliphatic rings. The molecule has 0 aliphatic heterocycles. The van der Waals surface area contributed by atoms with Crippen LogP contribution in [-0.2, 0) is 4.79 Å². The van der Waals surface area contributed by atoms with Gasteiger partial charge in [-0.3, -0.25) is 4.79 Å². The van der Waals surface area contributed by atoms with E-state index in [0.29, 0.717) is 18.5 Å².